The van der Waals surface area contributed by atoms with Crippen molar-refractivity contribution in [3.8, 4) is 23.1 Å². The van der Waals surface area contributed by atoms with E-state index < -0.39 is 6.67 Å². The largest absolute Gasteiger partial charge is 0.468 e. The molecule has 0 spiro atoms. The van der Waals surface area contributed by atoms with Gasteiger partial charge in [-0.05, 0) is 72.5 Å². The van der Waals surface area contributed by atoms with Crippen molar-refractivity contribution >= 4 is 17.0 Å². The number of ether oxygens (including phenoxy) is 3. The Kier molecular flexibility index (Phi) is 8.29. The lowest BCUT2D eigenvalue weighted by molar-refractivity contribution is 0.0483. The molecule has 0 radical (unpaired) electrons. The highest BCUT2D eigenvalue weighted by molar-refractivity contribution is 5.83. The molecule has 2 aromatic carbocycles. The van der Waals surface area contributed by atoms with Crippen LogP contribution in [0.15, 0.2) is 42.5 Å². The van der Waals surface area contributed by atoms with E-state index in [2.05, 4.69) is 44.1 Å². The van der Waals surface area contributed by atoms with E-state index >= 15 is 0 Å². The fourth-order valence-corrected chi connectivity index (χ4v) is 5.76. The van der Waals surface area contributed by atoms with Gasteiger partial charge in [-0.1, -0.05) is 42.5 Å². The maximum absolute atomic E-state index is 14.3. The van der Waals surface area contributed by atoms with Crippen LogP contribution in [0.25, 0.3) is 22.3 Å². The van der Waals surface area contributed by atoms with Crippen LogP contribution in [0, 0.1) is 5.92 Å². The molecule has 6 rings (SSSR count). The zero-order valence-electron chi connectivity index (χ0n) is 23.5. The lowest BCUT2D eigenvalue weighted by atomic mass is 9.97. The molecule has 4 aromatic rings. The molecule has 0 bridgehead atoms. The Morgan fingerprint density at radius 1 is 0.976 bits per heavy atom. The Morgan fingerprint density at radius 3 is 2.46 bits per heavy atom. The second-order valence-electron chi connectivity index (χ2n) is 10.9. The van der Waals surface area contributed by atoms with E-state index in [1.165, 1.54) is 18.4 Å². The molecular formula is C31H37FN6O3. The Bertz CT molecular complexity index is 1480. The van der Waals surface area contributed by atoms with E-state index in [1.807, 2.05) is 22.8 Å². The van der Waals surface area contributed by atoms with Crippen LogP contribution in [0.1, 0.15) is 42.4 Å². The topological polar surface area (TPSA) is 101 Å². The Labute approximate surface area is 239 Å². The SMILES string of the molecule is COc1nc2c(N)nc(OCC3CCOCC3)nc2n1Cc1ccc(-c2ccc(CN3CCCC3)cc2)c(CF)c1. The van der Waals surface area contributed by atoms with Gasteiger partial charge in [0.25, 0.3) is 6.01 Å². The minimum Gasteiger partial charge on any atom is -0.468 e. The van der Waals surface area contributed by atoms with Gasteiger partial charge in [0, 0.05) is 19.8 Å². The van der Waals surface area contributed by atoms with Crippen LogP contribution in [0.2, 0.25) is 0 Å². The summed E-state index contributed by atoms with van der Waals surface area (Å²) in [4.78, 5) is 15.9. The standard InChI is InChI=1S/C31H37FN6O3/c1-39-31-34-27-28(33)35-30(41-20-22-10-14-40-15-11-22)36-29(27)38(31)19-23-6-9-26(25(16-23)17-32)24-7-4-21(5-8-24)18-37-12-2-3-13-37/h4-9,16,22H,2-3,10-15,17-20H2,1H3,(H2,33,35,36). The Morgan fingerprint density at radius 2 is 1.73 bits per heavy atom. The maximum atomic E-state index is 14.3. The van der Waals surface area contributed by atoms with Gasteiger partial charge in [0.15, 0.2) is 17.0 Å². The minimum atomic E-state index is -0.570. The van der Waals surface area contributed by atoms with Crippen molar-refractivity contribution < 1.29 is 18.6 Å². The number of aromatic nitrogens is 4. The van der Waals surface area contributed by atoms with Crippen molar-refractivity contribution in [1.29, 1.82) is 0 Å². The third-order valence-electron chi connectivity index (χ3n) is 8.06. The molecule has 0 amide bonds. The van der Waals surface area contributed by atoms with Crippen molar-refractivity contribution in [2.24, 2.45) is 5.92 Å². The average molecular weight is 561 g/mol. The van der Waals surface area contributed by atoms with E-state index in [0.29, 0.717) is 41.8 Å². The van der Waals surface area contributed by atoms with E-state index in [9.17, 15) is 4.39 Å². The van der Waals surface area contributed by atoms with Crippen molar-refractivity contribution in [2.75, 3.05) is 45.8 Å². The zero-order valence-corrected chi connectivity index (χ0v) is 23.5. The third-order valence-corrected chi connectivity index (χ3v) is 8.06. The molecule has 0 unspecified atom stereocenters. The van der Waals surface area contributed by atoms with E-state index in [0.717, 1.165) is 62.4 Å². The summed E-state index contributed by atoms with van der Waals surface area (Å²) in [6.45, 7) is 5.07. The highest BCUT2D eigenvalue weighted by Crippen LogP contribution is 2.30. The first-order chi connectivity index (χ1) is 20.1. The monoisotopic (exact) mass is 560 g/mol. The molecule has 216 valence electrons. The summed E-state index contributed by atoms with van der Waals surface area (Å²) in [6.07, 6.45) is 4.44. The molecule has 9 nitrogen and oxygen atoms in total. The van der Waals surface area contributed by atoms with Gasteiger partial charge in [-0.15, -0.1) is 0 Å². The van der Waals surface area contributed by atoms with Gasteiger partial charge in [0.2, 0.25) is 0 Å². The number of benzene rings is 2. The number of alkyl halides is 1. The Hall–Kier alpha value is -3.76. The smallest absolute Gasteiger partial charge is 0.320 e. The second kappa shape index (κ2) is 12.4. The maximum Gasteiger partial charge on any atom is 0.320 e. The second-order valence-corrected chi connectivity index (χ2v) is 10.9. The van der Waals surface area contributed by atoms with Crippen LogP contribution in [-0.2, 0) is 24.5 Å². The molecule has 0 saturated carbocycles. The summed E-state index contributed by atoms with van der Waals surface area (Å²) >= 11 is 0. The fourth-order valence-electron chi connectivity index (χ4n) is 5.76. The van der Waals surface area contributed by atoms with Gasteiger partial charge < -0.3 is 19.9 Å². The first-order valence-electron chi connectivity index (χ1n) is 14.4. The molecule has 2 aromatic heterocycles. The number of fused-ring (bicyclic) bond motifs is 1. The van der Waals surface area contributed by atoms with Gasteiger partial charge in [-0.2, -0.15) is 15.0 Å². The van der Waals surface area contributed by atoms with Gasteiger partial charge in [-0.3, -0.25) is 9.47 Å². The number of likely N-dealkylation sites (tertiary alicyclic amines) is 1. The van der Waals surface area contributed by atoms with Crippen molar-refractivity contribution in [3.63, 3.8) is 0 Å². The minimum absolute atomic E-state index is 0.207. The van der Waals surface area contributed by atoms with Crippen LogP contribution in [-0.4, -0.2) is 64.4 Å². The van der Waals surface area contributed by atoms with E-state index in [1.54, 1.807) is 7.11 Å². The van der Waals surface area contributed by atoms with Gasteiger partial charge in [-0.25, -0.2) is 4.39 Å². The molecule has 2 N–H and O–H groups in total. The van der Waals surface area contributed by atoms with E-state index in [-0.39, 0.29) is 11.8 Å². The number of hydrogen-bond donors (Lipinski definition) is 1. The van der Waals surface area contributed by atoms with E-state index in [4.69, 9.17) is 19.9 Å². The normalized spacial score (nSPS) is 16.4. The zero-order chi connectivity index (χ0) is 28.2. The molecule has 2 fully saturated rings. The summed E-state index contributed by atoms with van der Waals surface area (Å²) in [5, 5.41) is 0. The molecule has 4 heterocycles. The van der Waals surface area contributed by atoms with Crippen LogP contribution in [0.5, 0.6) is 12.0 Å². The van der Waals surface area contributed by atoms with Gasteiger partial charge >= 0.3 is 6.01 Å². The lowest BCUT2D eigenvalue weighted by Gasteiger charge is -2.21. The van der Waals surface area contributed by atoms with Gasteiger partial charge in [0.1, 0.15) is 6.67 Å². The lowest BCUT2D eigenvalue weighted by Crippen LogP contribution is -2.22. The molecule has 10 heteroatoms. The predicted octanol–water partition coefficient (Wildman–Crippen LogP) is 5.00. The number of rotatable bonds is 10. The van der Waals surface area contributed by atoms with Crippen LogP contribution < -0.4 is 15.2 Å². The van der Waals surface area contributed by atoms with Crippen LogP contribution in [0.3, 0.4) is 0 Å². The average Bonchev–Trinajstić information content (AvgIpc) is 3.65. The number of nitrogen functional groups attached to an aromatic ring is 1. The number of anilines is 1. The number of nitrogens with two attached hydrogens (primary N) is 1. The molecule has 2 saturated heterocycles. The summed E-state index contributed by atoms with van der Waals surface area (Å²) in [7, 11) is 1.55. The molecule has 0 atom stereocenters. The molecule has 0 aliphatic carbocycles. The quantitative estimate of drug-likeness (QED) is 0.289. The summed E-state index contributed by atoms with van der Waals surface area (Å²) in [5.74, 6) is 0.615. The molecule has 41 heavy (non-hydrogen) atoms. The Balaban J connectivity index is 1.23. The van der Waals surface area contributed by atoms with Crippen molar-refractivity contribution in [3.05, 3.63) is 59.2 Å². The number of nitrogens with zero attached hydrogens (tertiary/aromatic N) is 5. The molecular weight excluding hydrogens is 523 g/mol. The molecule has 2 aliphatic heterocycles. The highest BCUT2D eigenvalue weighted by Gasteiger charge is 2.21. The third kappa shape index (κ3) is 6.13. The van der Waals surface area contributed by atoms with Crippen LogP contribution >= 0.6 is 0 Å². The first kappa shape index (κ1) is 27.4. The summed E-state index contributed by atoms with van der Waals surface area (Å²) in [6, 6.07) is 14.9. The number of halogens is 1. The van der Waals surface area contributed by atoms with Gasteiger partial charge in [0.05, 0.1) is 20.3 Å². The first-order valence-corrected chi connectivity index (χ1v) is 14.4. The van der Waals surface area contributed by atoms with Crippen molar-refractivity contribution in [1.82, 2.24) is 24.4 Å². The fraction of sp³-hybridized carbons (Fsp3) is 0.452. The molecule has 2 aliphatic rings. The highest BCUT2D eigenvalue weighted by atomic mass is 19.1. The number of methoxy groups -OCH3 is 1. The van der Waals surface area contributed by atoms with Crippen LogP contribution in [0.4, 0.5) is 10.2 Å². The predicted molar refractivity (Wildman–Crippen MR) is 156 cm³/mol. The number of hydrogen-bond acceptors (Lipinski definition) is 8. The number of imidazole rings is 1. The van der Waals surface area contributed by atoms with Crippen molar-refractivity contribution in [2.45, 2.75) is 45.4 Å². The summed E-state index contributed by atoms with van der Waals surface area (Å²) < 4.78 is 33.1. The summed E-state index contributed by atoms with van der Waals surface area (Å²) in [5.41, 5.74) is 11.9.